The normalized spacial score (nSPS) is 21.7. The van der Waals surface area contributed by atoms with Gasteiger partial charge in [-0.1, -0.05) is 18.6 Å². The third kappa shape index (κ3) is 5.45. The van der Waals surface area contributed by atoms with Crippen LogP contribution in [0.1, 0.15) is 44.1 Å². The van der Waals surface area contributed by atoms with Gasteiger partial charge in [-0.2, -0.15) is 0 Å². The van der Waals surface area contributed by atoms with E-state index in [1.165, 1.54) is 37.9 Å². The number of hydrogen-bond donors (Lipinski definition) is 1. The number of hydrogen-bond acceptors (Lipinski definition) is 4. The monoisotopic (exact) mass is 359 g/mol. The first-order valence-corrected chi connectivity index (χ1v) is 10.2. The van der Waals surface area contributed by atoms with Gasteiger partial charge in [0.25, 0.3) is 0 Å². The maximum absolute atomic E-state index is 12.0. The Morgan fingerprint density at radius 1 is 1.19 bits per heavy atom. The Labute approximate surface area is 157 Å². The van der Waals surface area contributed by atoms with Crippen molar-refractivity contribution in [1.82, 2.24) is 15.1 Å². The minimum atomic E-state index is 0.00844. The van der Waals surface area contributed by atoms with Gasteiger partial charge in [-0.15, -0.1) is 0 Å². The van der Waals surface area contributed by atoms with Gasteiger partial charge in [-0.05, 0) is 69.4 Å². The number of likely N-dealkylation sites (N-methyl/N-ethyl adjacent to an activating group) is 1. The highest BCUT2D eigenvalue weighted by atomic mass is 16.5. The summed E-state index contributed by atoms with van der Waals surface area (Å²) in [4.78, 5) is 16.8. The van der Waals surface area contributed by atoms with Crippen molar-refractivity contribution in [1.29, 1.82) is 0 Å². The van der Waals surface area contributed by atoms with Crippen LogP contribution >= 0.6 is 0 Å². The van der Waals surface area contributed by atoms with Gasteiger partial charge in [-0.25, -0.2) is 0 Å². The topological polar surface area (TPSA) is 44.8 Å². The lowest BCUT2D eigenvalue weighted by molar-refractivity contribution is -0.125. The molecule has 1 amide bonds. The Bertz CT molecular complexity index is 572. The van der Waals surface area contributed by atoms with E-state index in [9.17, 15) is 4.79 Å². The van der Waals surface area contributed by atoms with Gasteiger partial charge < -0.3 is 15.0 Å². The Kier molecular flexibility index (Phi) is 7.32. The van der Waals surface area contributed by atoms with E-state index in [1.807, 2.05) is 6.07 Å². The van der Waals surface area contributed by atoms with Gasteiger partial charge in [0.1, 0.15) is 5.75 Å². The first-order chi connectivity index (χ1) is 12.8. The van der Waals surface area contributed by atoms with Crippen LogP contribution in [0, 0.1) is 0 Å². The van der Waals surface area contributed by atoms with E-state index in [1.54, 1.807) is 7.05 Å². The van der Waals surface area contributed by atoms with Gasteiger partial charge in [0, 0.05) is 20.1 Å². The minimum Gasteiger partial charge on any atom is -0.494 e. The Morgan fingerprint density at radius 3 is 2.85 bits per heavy atom. The Balaban J connectivity index is 1.44. The van der Waals surface area contributed by atoms with E-state index >= 15 is 0 Å². The number of carbonyl (C=O) groups excluding carboxylic acids is 1. The summed E-state index contributed by atoms with van der Waals surface area (Å²) in [5.74, 6) is 1.07. The molecule has 0 aromatic heterocycles. The van der Waals surface area contributed by atoms with Crippen LogP contribution in [0.2, 0.25) is 0 Å². The lowest BCUT2D eigenvalue weighted by Crippen LogP contribution is -2.41. The molecule has 26 heavy (non-hydrogen) atoms. The second-order valence-electron chi connectivity index (χ2n) is 7.49. The molecule has 5 heteroatoms. The van der Waals surface area contributed by atoms with Crippen molar-refractivity contribution in [2.24, 2.45) is 0 Å². The summed E-state index contributed by atoms with van der Waals surface area (Å²) in [7, 11) is 1.72. The summed E-state index contributed by atoms with van der Waals surface area (Å²) in [6.45, 7) is 6.20. The highest BCUT2D eigenvalue weighted by Gasteiger charge is 2.29. The molecule has 0 radical (unpaired) electrons. The molecule has 2 saturated heterocycles. The Morgan fingerprint density at radius 2 is 2.04 bits per heavy atom. The predicted octanol–water partition coefficient (Wildman–Crippen LogP) is 2.65. The van der Waals surface area contributed by atoms with Crippen LogP contribution in [-0.2, 0) is 11.3 Å². The number of ether oxygens (including phenoxy) is 1. The molecule has 0 saturated carbocycles. The molecule has 2 aliphatic heterocycles. The van der Waals surface area contributed by atoms with Crippen molar-refractivity contribution in [3.05, 3.63) is 29.8 Å². The number of likely N-dealkylation sites (tertiary alicyclic amines) is 2. The SMILES string of the molecule is CNC(=O)[C@@H]1CCCN1Cc1cccc(OCCCN2CCCCC2)c1. The van der Waals surface area contributed by atoms with Gasteiger partial charge in [-0.3, -0.25) is 9.69 Å². The fourth-order valence-corrected chi connectivity index (χ4v) is 4.11. The summed E-state index contributed by atoms with van der Waals surface area (Å²) < 4.78 is 5.97. The average molecular weight is 360 g/mol. The fourth-order valence-electron chi connectivity index (χ4n) is 4.11. The zero-order valence-electron chi connectivity index (χ0n) is 16.1. The van der Waals surface area contributed by atoms with Crippen LogP contribution in [0.4, 0.5) is 0 Å². The van der Waals surface area contributed by atoms with E-state index in [2.05, 4.69) is 33.3 Å². The zero-order valence-corrected chi connectivity index (χ0v) is 16.1. The molecule has 2 aliphatic rings. The van der Waals surface area contributed by atoms with Gasteiger partial charge in [0.2, 0.25) is 5.91 Å². The van der Waals surface area contributed by atoms with Crippen molar-refractivity contribution in [2.45, 2.75) is 51.1 Å². The third-order valence-electron chi connectivity index (χ3n) is 5.53. The van der Waals surface area contributed by atoms with Crippen LogP contribution in [0.15, 0.2) is 24.3 Å². The maximum atomic E-state index is 12.0. The minimum absolute atomic E-state index is 0.00844. The molecule has 144 valence electrons. The highest BCUT2D eigenvalue weighted by molar-refractivity contribution is 5.81. The summed E-state index contributed by atoms with van der Waals surface area (Å²) in [5, 5.41) is 2.79. The standard InChI is InChI=1S/C21H33N3O2/c1-22-21(25)20-10-6-14-24(20)17-18-8-5-9-19(16-18)26-15-7-13-23-11-3-2-4-12-23/h5,8-9,16,20H,2-4,6-7,10-15,17H2,1H3,(H,22,25)/t20-/m0/s1. The molecule has 0 bridgehead atoms. The van der Waals surface area contributed by atoms with Crippen molar-refractivity contribution in [3.8, 4) is 5.75 Å². The maximum Gasteiger partial charge on any atom is 0.237 e. The molecule has 2 fully saturated rings. The van der Waals surface area contributed by atoms with E-state index in [0.29, 0.717) is 0 Å². The van der Waals surface area contributed by atoms with Crippen LogP contribution in [0.3, 0.4) is 0 Å². The molecule has 1 atom stereocenters. The lowest BCUT2D eigenvalue weighted by atomic mass is 10.1. The smallest absolute Gasteiger partial charge is 0.237 e. The van der Waals surface area contributed by atoms with E-state index in [0.717, 1.165) is 51.3 Å². The van der Waals surface area contributed by atoms with Crippen LogP contribution in [0.5, 0.6) is 5.75 Å². The van der Waals surface area contributed by atoms with Gasteiger partial charge >= 0.3 is 0 Å². The quantitative estimate of drug-likeness (QED) is 0.725. The molecular weight excluding hydrogens is 326 g/mol. The van der Waals surface area contributed by atoms with Crippen LogP contribution < -0.4 is 10.1 Å². The van der Waals surface area contributed by atoms with Gasteiger partial charge in [0.15, 0.2) is 0 Å². The molecule has 0 unspecified atom stereocenters. The number of rotatable bonds is 8. The second kappa shape index (κ2) is 9.93. The largest absolute Gasteiger partial charge is 0.494 e. The summed E-state index contributed by atoms with van der Waals surface area (Å²) in [6.07, 6.45) is 7.19. The number of benzene rings is 1. The number of amides is 1. The van der Waals surface area contributed by atoms with E-state index in [4.69, 9.17) is 4.74 Å². The Hall–Kier alpha value is -1.59. The van der Waals surface area contributed by atoms with Crippen molar-refractivity contribution < 1.29 is 9.53 Å². The van der Waals surface area contributed by atoms with E-state index in [-0.39, 0.29) is 11.9 Å². The van der Waals surface area contributed by atoms with Crippen molar-refractivity contribution >= 4 is 5.91 Å². The molecule has 1 N–H and O–H groups in total. The molecule has 0 aliphatic carbocycles. The van der Waals surface area contributed by atoms with Crippen LogP contribution in [0.25, 0.3) is 0 Å². The molecule has 1 aromatic carbocycles. The van der Waals surface area contributed by atoms with Crippen LogP contribution in [-0.4, -0.2) is 61.6 Å². The van der Waals surface area contributed by atoms with Crippen molar-refractivity contribution in [3.63, 3.8) is 0 Å². The first kappa shape index (κ1) is 19.2. The van der Waals surface area contributed by atoms with E-state index < -0.39 is 0 Å². The summed E-state index contributed by atoms with van der Waals surface area (Å²) >= 11 is 0. The number of nitrogens with zero attached hydrogens (tertiary/aromatic N) is 2. The third-order valence-corrected chi connectivity index (χ3v) is 5.53. The first-order valence-electron chi connectivity index (χ1n) is 10.2. The number of carbonyl (C=O) groups is 1. The molecule has 2 heterocycles. The fraction of sp³-hybridized carbons (Fsp3) is 0.667. The molecule has 3 rings (SSSR count). The lowest BCUT2D eigenvalue weighted by Gasteiger charge is -2.26. The molecule has 5 nitrogen and oxygen atoms in total. The predicted molar refractivity (Wildman–Crippen MR) is 104 cm³/mol. The second-order valence-corrected chi connectivity index (χ2v) is 7.49. The number of piperidine rings is 1. The average Bonchev–Trinajstić information content (AvgIpc) is 3.14. The molecule has 1 aromatic rings. The summed E-state index contributed by atoms with van der Waals surface area (Å²) in [5.41, 5.74) is 1.22. The summed E-state index contributed by atoms with van der Waals surface area (Å²) in [6, 6.07) is 8.35. The van der Waals surface area contributed by atoms with Crippen molar-refractivity contribution in [2.75, 3.05) is 39.8 Å². The highest BCUT2D eigenvalue weighted by Crippen LogP contribution is 2.22. The number of nitrogens with one attached hydrogen (secondary N) is 1. The molecule has 0 spiro atoms. The van der Waals surface area contributed by atoms with Gasteiger partial charge in [0.05, 0.1) is 12.6 Å². The molecular formula is C21H33N3O2. The zero-order chi connectivity index (χ0) is 18.2.